The second-order valence-corrected chi connectivity index (χ2v) is 5.94. The smallest absolute Gasteiger partial charge is 0.272 e. The van der Waals surface area contributed by atoms with E-state index in [4.69, 9.17) is 0 Å². The molecule has 5 nitrogen and oxygen atoms in total. The molecule has 1 aromatic heterocycles. The highest BCUT2D eigenvalue weighted by Gasteiger charge is 2.26. The highest BCUT2D eigenvalue weighted by Crippen LogP contribution is 2.20. The summed E-state index contributed by atoms with van der Waals surface area (Å²) in [7, 11) is 1.93. The zero-order valence-electron chi connectivity index (χ0n) is 13.2. The Kier molecular flexibility index (Phi) is 4.71. The molecule has 1 atom stereocenters. The van der Waals surface area contributed by atoms with E-state index in [-0.39, 0.29) is 11.7 Å². The largest absolute Gasteiger partial charge is 0.337 e. The van der Waals surface area contributed by atoms with E-state index < -0.39 is 0 Å². The Hall–Kier alpha value is -2.21. The number of amides is 1. The van der Waals surface area contributed by atoms with Crippen LogP contribution in [0.15, 0.2) is 36.8 Å². The Labute approximate surface area is 135 Å². The van der Waals surface area contributed by atoms with Gasteiger partial charge in [-0.25, -0.2) is 9.37 Å². The number of rotatable bonds is 4. The highest BCUT2D eigenvalue weighted by molar-refractivity contribution is 5.93. The van der Waals surface area contributed by atoms with Crippen molar-refractivity contribution in [3.8, 4) is 5.69 Å². The van der Waals surface area contributed by atoms with Crippen molar-refractivity contribution in [1.82, 2.24) is 19.8 Å². The van der Waals surface area contributed by atoms with Crippen molar-refractivity contribution in [1.29, 1.82) is 0 Å². The van der Waals surface area contributed by atoms with Gasteiger partial charge in [0.05, 0.1) is 12.5 Å². The van der Waals surface area contributed by atoms with Gasteiger partial charge in [0, 0.05) is 18.8 Å². The van der Waals surface area contributed by atoms with Gasteiger partial charge in [-0.3, -0.25) is 9.36 Å². The summed E-state index contributed by atoms with van der Waals surface area (Å²) in [4.78, 5) is 18.8. The lowest BCUT2D eigenvalue weighted by Gasteiger charge is -2.32. The topological polar surface area (TPSA) is 50.2 Å². The van der Waals surface area contributed by atoms with Crippen molar-refractivity contribution < 1.29 is 9.18 Å². The molecular formula is C17H21FN4O. The Morgan fingerprint density at radius 1 is 1.39 bits per heavy atom. The molecule has 6 heteroatoms. The SMILES string of the molecule is CNCC1CCCN(C(=O)c2cncn2-c2ccc(F)cc2)C1. The van der Waals surface area contributed by atoms with Gasteiger partial charge < -0.3 is 10.2 Å². The standard InChI is InChI=1S/C17H21FN4O/c1-19-9-13-3-2-8-21(11-13)17(23)16-10-20-12-22(16)15-6-4-14(18)5-7-15/h4-7,10,12-13,19H,2-3,8-9,11H2,1H3. The first-order valence-corrected chi connectivity index (χ1v) is 7.91. The molecule has 1 fully saturated rings. The zero-order chi connectivity index (χ0) is 16.2. The number of carbonyl (C=O) groups excluding carboxylic acids is 1. The van der Waals surface area contributed by atoms with Crippen LogP contribution in [-0.4, -0.2) is 47.0 Å². The van der Waals surface area contributed by atoms with E-state index >= 15 is 0 Å². The summed E-state index contributed by atoms with van der Waals surface area (Å²) in [5.41, 5.74) is 1.25. The third-order valence-corrected chi connectivity index (χ3v) is 4.26. The minimum absolute atomic E-state index is 0.0207. The average molecular weight is 316 g/mol. The van der Waals surface area contributed by atoms with Gasteiger partial charge in [-0.15, -0.1) is 0 Å². The normalized spacial score (nSPS) is 18.2. The third kappa shape index (κ3) is 3.42. The van der Waals surface area contributed by atoms with Crippen LogP contribution in [0, 0.1) is 11.7 Å². The van der Waals surface area contributed by atoms with Crippen LogP contribution in [0.2, 0.25) is 0 Å². The van der Waals surface area contributed by atoms with Gasteiger partial charge >= 0.3 is 0 Å². The Morgan fingerprint density at radius 2 is 2.17 bits per heavy atom. The summed E-state index contributed by atoms with van der Waals surface area (Å²) in [5.74, 6) is 0.167. The number of nitrogens with one attached hydrogen (secondary N) is 1. The van der Waals surface area contributed by atoms with Crippen LogP contribution >= 0.6 is 0 Å². The van der Waals surface area contributed by atoms with Gasteiger partial charge in [-0.2, -0.15) is 0 Å². The Balaban J connectivity index is 1.80. The molecule has 0 aliphatic carbocycles. The summed E-state index contributed by atoms with van der Waals surface area (Å²) >= 11 is 0. The van der Waals surface area contributed by atoms with Crippen molar-refractivity contribution in [2.24, 2.45) is 5.92 Å². The lowest BCUT2D eigenvalue weighted by atomic mass is 9.98. The maximum atomic E-state index is 13.1. The lowest BCUT2D eigenvalue weighted by Crippen LogP contribution is -2.43. The first-order valence-electron chi connectivity index (χ1n) is 7.91. The third-order valence-electron chi connectivity index (χ3n) is 4.26. The summed E-state index contributed by atoms with van der Waals surface area (Å²) in [6.07, 6.45) is 5.33. The fraction of sp³-hybridized carbons (Fsp3) is 0.412. The fourth-order valence-corrected chi connectivity index (χ4v) is 3.13. The van der Waals surface area contributed by atoms with E-state index in [0.29, 0.717) is 11.6 Å². The summed E-state index contributed by atoms with van der Waals surface area (Å²) < 4.78 is 14.8. The van der Waals surface area contributed by atoms with Gasteiger partial charge in [0.1, 0.15) is 11.5 Å². The Morgan fingerprint density at radius 3 is 2.91 bits per heavy atom. The number of benzene rings is 1. The lowest BCUT2D eigenvalue weighted by molar-refractivity contribution is 0.0666. The van der Waals surface area contributed by atoms with Crippen molar-refractivity contribution >= 4 is 5.91 Å². The van der Waals surface area contributed by atoms with Crippen LogP contribution in [0.25, 0.3) is 5.69 Å². The van der Waals surface area contributed by atoms with Crippen LogP contribution in [0.4, 0.5) is 4.39 Å². The molecule has 1 unspecified atom stereocenters. The molecule has 122 valence electrons. The van der Waals surface area contributed by atoms with Crippen LogP contribution in [0.3, 0.4) is 0 Å². The molecule has 0 radical (unpaired) electrons. The first-order chi connectivity index (χ1) is 11.2. The van der Waals surface area contributed by atoms with E-state index in [2.05, 4.69) is 10.3 Å². The number of hydrogen-bond donors (Lipinski definition) is 1. The molecule has 3 rings (SSSR count). The number of halogens is 1. The maximum Gasteiger partial charge on any atom is 0.272 e. The number of piperidine rings is 1. The molecule has 23 heavy (non-hydrogen) atoms. The van der Waals surface area contributed by atoms with E-state index in [9.17, 15) is 9.18 Å². The number of nitrogens with zero attached hydrogens (tertiary/aromatic N) is 3. The van der Waals surface area contributed by atoms with Gasteiger partial charge in [-0.05, 0) is 56.6 Å². The molecule has 1 aliphatic rings. The number of carbonyl (C=O) groups is 1. The molecule has 2 aromatic rings. The van der Waals surface area contributed by atoms with Crippen LogP contribution in [-0.2, 0) is 0 Å². The highest BCUT2D eigenvalue weighted by atomic mass is 19.1. The Bertz CT molecular complexity index is 665. The fourth-order valence-electron chi connectivity index (χ4n) is 3.13. The predicted octanol–water partition coefficient (Wildman–Crippen LogP) is 2.08. The summed E-state index contributed by atoms with van der Waals surface area (Å²) in [6, 6.07) is 6.06. The van der Waals surface area contributed by atoms with Crippen molar-refractivity contribution in [2.45, 2.75) is 12.8 Å². The number of hydrogen-bond acceptors (Lipinski definition) is 3. The minimum Gasteiger partial charge on any atom is -0.337 e. The summed E-state index contributed by atoms with van der Waals surface area (Å²) in [6.45, 7) is 2.45. The second-order valence-electron chi connectivity index (χ2n) is 5.94. The van der Waals surface area contributed by atoms with E-state index in [1.165, 1.54) is 12.1 Å². The minimum atomic E-state index is -0.298. The van der Waals surface area contributed by atoms with Gasteiger partial charge in [-0.1, -0.05) is 0 Å². The van der Waals surface area contributed by atoms with Crippen LogP contribution in [0.5, 0.6) is 0 Å². The van der Waals surface area contributed by atoms with E-state index in [1.807, 2.05) is 11.9 Å². The molecule has 0 bridgehead atoms. The molecule has 0 spiro atoms. The van der Waals surface area contributed by atoms with Gasteiger partial charge in [0.15, 0.2) is 0 Å². The van der Waals surface area contributed by atoms with E-state index in [1.54, 1.807) is 29.2 Å². The summed E-state index contributed by atoms with van der Waals surface area (Å²) in [5, 5.41) is 3.18. The van der Waals surface area contributed by atoms with Crippen molar-refractivity contribution in [2.75, 3.05) is 26.7 Å². The maximum absolute atomic E-state index is 13.1. The van der Waals surface area contributed by atoms with E-state index in [0.717, 1.165) is 38.2 Å². The second kappa shape index (κ2) is 6.91. The quantitative estimate of drug-likeness (QED) is 0.939. The van der Waals surface area contributed by atoms with Gasteiger partial charge in [0.25, 0.3) is 5.91 Å². The molecule has 1 saturated heterocycles. The average Bonchev–Trinajstić information content (AvgIpc) is 3.05. The zero-order valence-corrected chi connectivity index (χ0v) is 13.2. The van der Waals surface area contributed by atoms with Crippen LogP contribution in [0.1, 0.15) is 23.3 Å². The number of imidazole rings is 1. The first kappa shape index (κ1) is 15.7. The molecule has 1 amide bonds. The predicted molar refractivity (Wildman–Crippen MR) is 86.1 cm³/mol. The van der Waals surface area contributed by atoms with Gasteiger partial charge in [0.2, 0.25) is 0 Å². The van der Waals surface area contributed by atoms with Crippen molar-refractivity contribution in [3.63, 3.8) is 0 Å². The molecule has 2 heterocycles. The molecule has 0 saturated carbocycles. The molecule has 1 N–H and O–H groups in total. The van der Waals surface area contributed by atoms with Crippen LogP contribution < -0.4 is 5.32 Å². The molecule has 1 aliphatic heterocycles. The molecular weight excluding hydrogens is 295 g/mol. The van der Waals surface area contributed by atoms with Crippen molar-refractivity contribution in [3.05, 3.63) is 48.3 Å². The number of aromatic nitrogens is 2. The monoisotopic (exact) mass is 316 g/mol. The molecule has 1 aromatic carbocycles. The number of likely N-dealkylation sites (tertiary alicyclic amines) is 1.